The number of hydrogen-bond acceptors (Lipinski definition) is 4. The monoisotopic (exact) mass is 486 g/mol. The van der Waals surface area contributed by atoms with Gasteiger partial charge < -0.3 is 19.5 Å². The molecule has 1 aromatic heterocycles. The minimum atomic E-state index is -4.46. The molecule has 1 fully saturated rings. The summed E-state index contributed by atoms with van der Waals surface area (Å²) < 4.78 is 45.7. The van der Waals surface area contributed by atoms with Crippen molar-refractivity contribution < 1.29 is 27.5 Å². The van der Waals surface area contributed by atoms with Crippen LogP contribution in [0.3, 0.4) is 0 Å². The van der Waals surface area contributed by atoms with Gasteiger partial charge in [0.15, 0.2) is 0 Å². The second-order valence-corrected chi connectivity index (χ2v) is 8.45. The van der Waals surface area contributed by atoms with E-state index in [0.29, 0.717) is 30.7 Å². The molecule has 3 aromatic rings. The molecular weight excluding hydrogens is 461 g/mol. The minimum absolute atomic E-state index is 0.181. The molecule has 0 radical (unpaired) electrons. The van der Waals surface area contributed by atoms with Crippen molar-refractivity contribution in [2.45, 2.75) is 32.0 Å². The number of nitrogens with one attached hydrogen (secondary N) is 1. The molecule has 35 heavy (non-hydrogen) atoms. The lowest BCUT2D eigenvalue weighted by Gasteiger charge is -2.33. The quantitative estimate of drug-likeness (QED) is 0.585. The number of amides is 2. The van der Waals surface area contributed by atoms with Crippen molar-refractivity contribution >= 4 is 11.8 Å². The number of alkyl halides is 3. The van der Waals surface area contributed by atoms with Crippen molar-refractivity contribution in [3.63, 3.8) is 0 Å². The van der Waals surface area contributed by atoms with Crippen LogP contribution in [0.4, 0.5) is 13.2 Å². The summed E-state index contributed by atoms with van der Waals surface area (Å²) in [6.45, 7) is 2.62. The van der Waals surface area contributed by atoms with E-state index in [0.717, 1.165) is 23.5 Å². The minimum Gasteiger partial charge on any atom is -0.495 e. The fourth-order valence-corrected chi connectivity index (χ4v) is 4.12. The molecule has 0 saturated carbocycles. The largest absolute Gasteiger partial charge is 0.495 e. The van der Waals surface area contributed by atoms with E-state index >= 15 is 0 Å². The standard InChI is InChI=1S/C25H25F3N4O3/c1-16-13-32(15-29-16)21-10-7-18(12-22(21)35-2)23(33)30-20-4-3-11-31(14-20)24(34)17-5-8-19(9-6-17)25(26,27)28/h5-10,12-13,15,20H,3-4,11,14H2,1-2H3,(H,30,33)/t20-/m0/s1. The van der Waals surface area contributed by atoms with E-state index in [4.69, 9.17) is 4.74 Å². The first kappa shape index (κ1) is 24.3. The predicted molar refractivity (Wildman–Crippen MR) is 123 cm³/mol. The second-order valence-electron chi connectivity index (χ2n) is 8.45. The highest BCUT2D eigenvalue weighted by atomic mass is 19.4. The molecule has 0 unspecified atom stereocenters. The number of aromatic nitrogens is 2. The zero-order chi connectivity index (χ0) is 25.2. The van der Waals surface area contributed by atoms with Crippen LogP contribution >= 0.6 is 0 Å². The third-order valence-corrected chi connectivity index (χ3v) is 5.93. The van der Waals surface area contributed by atoms with Crippen LogP contribution in [0.5, 0.6) is 5.75 Å². The maximum Gasteiger partial charge on any atom is 0.416 e. The third kappa shape index (κ3) is 5.47. The summed E-state index contributed by atoms with van der Waals surface area (Å²) in [6.07, 6.45) is 0.408. The zero-order valence-electron chi connectivity index (χ0n) is 19.3. The van der Waals surface area contributed by atoms with Crippen molar-refractivity contribution in [2.75, 3.05) is 20.2 Å². The lowest BCUT2D eigenvalue weighted by Crippen LogP contribution is -2.49. The van der Waals surface area contributed by atoms with Crippen LogP contribution in [0.15, 0.2) is 55.0 Å². The first-order chi connectivity index (χ1) is 16.7. The molecule has 2 aromatic carbocycles. The van der Waals surface area contributed by atoms with E-state index in [2.05, 4.69) is 10.3 Å². The predicted octanol–water partition coefficient (Wildman–Crippen LogP) is 4.24. The number of hydrogen-bond donors (Lipinski definition) is 1. The normalized spacial score (nSPS) is 16.1. The molecule has 2 heterocycles. The van der Waals surface area contributed by atoms with Crippen LogP contribution in [0, 0.1) is 6.92 Å². The maximum atomic E-state index is 12.9. The lowest BCUT2D eigenvalue weighted by atomic mass is 10.0. The van der Waals surface area contributed by atoms with Crippen LogP contribution in [-0.2, 0) is 6.18 Å². The molecule has 184 valence electrons. The zero-order valence-corrected chi connectivity index (χ0v) is 19.3. The van der Waals surface area contributed by atoms with Gasteiger partial charge in [0.1, 0.15) is 5.75 Å². The number of carbonyl (C=O) groups excluding carboxylic acids is 2. The number of imidazole rings is 1. The number of ether oxygens (including phenoxy) is 1. The van der Waals surface area contributed by atoms with Gasteiger partial charge in [0.2, 0.25) is 0 Å². The van der Waals surface area contributed by atoms with Gasteiger partial charge in [-0.1, -0.05) is 0 Å². The highest BCUT2D eigenvalue weighted by Gasteiger charge is 2.31. The summed E-state index contributed by atoms with van der Waals surface area (Å²) in [5.41, 5.74) is 1.38. The summed E-state index contributed by atoms with van der Waals surface area (Å²) in [4.78, 5) is 31.5. The smallest absolute Gasteiger partial charge is 0.416 e. The summed E-state index contributed by atoms with van der Waals surface area (Å²) in [5, 5.41) is 2.96. The summed E-state index contributed by atoms with van der Waals surface area (Å²) in [7, 11) is 1.52. The number of halogens is 3. The van der Waals surface area contributed by atoms with E-state index in [9.17, 15) is 22.8 Å². The molecule has 1 N–H and O–H groups in total. The van der Waals surface area contributed by atoms with E-state index in [-0.39, 0.29) is 30.0 Å². The fourth-order valence-electron chi connectivity index (χ4n) is 4.12. The van der Waals surface area contributed by atoms with Crippen LogP contribution in [0.1, 0.15) is 44.8 Å². The Kier molecular flexibility index (Phi) is 6.81. The van der Waals surface area contributed by atoms with Gasteiger partial charge in [0.05, 0.1) is 30.4 Å². The Labute approximate surface area is 200 Å². The van der Waals surface area contributed by atoms with Crippen LogP contribution < -0.4 is 10.1 Å². The number of benzene rings is 2. The number of likely N-dealkylation sites (tertiary alicyclic amines) is 1. The number of piperidine rings is 1. The second kappa shape index (κ2) is 9.81. The number of nitrogens with zero attached hydrogens (tertiary/aromatic N) is 3. The van der Waals surface area contributed by atoms with Crippen LogP contribution in [-0.4, -0.2) is 52.5 Å². The Balaban J connectivity index is 1.42. The molecule has 10 heteroatoms. The Hall–Kier alpha value is -3.82. The highest BCUT2D eigenvalue weighted by molar-refractivity contribution is 5.96. The first-order valence-electron chi connectivity index (χ1n) is 11.1. The van der Waals surface area contributed by atoms with Gasteiger partial charge in [-0.2, -0.15) is 13.2 Å². The summed E-state index contributed by atoms with van der Waals surface area (Å²) in [6, 6.07) is 9.00. The van der Waals surface area contributed by atoms with Crippen molar-refractivity contribution in [3.05, 3.63) is 77.4 Å². The van der Waals surface area contributed by atoms with Crippen molar-refractivity contribution in [2.24, 2.45) is 0 Å². The number of aryl methyl sites for hydroxylation is 1. The van der Waals surface area contributed by atoms with E-state index in [1.807, 2.05) is 17.7 Å². The van der Waals surface area contributed by atoms with Gasteiger partial charge in [-0.3, -0.25) is 9.59 Å². The third-order valence-electron chi connectivity index (χ3n) is 5.93. The molecule has 1 aliphatic rings. The summed E-state index contributed by atoms with van der Waals surface area (Å²) >= 11 is 0. The number of rotatable bonds is 5. The average molecular weight is 486 g/mol. The van der Waals surface area contributed by atoms with Crippen molar-refractivity contribution in [1.29, 1.82) is 0 Å². The van der Waals surface area contributed by atoms with E-state index < -0.39 is 11.7 Å². The topological polar surface area (TPSA) is 76.5 Å². The Morgan fingerprint density at radius 2 is 1.83 bits per heavy atom. The van der Waals surface area contributed by atoms with Gasteiger partial charge in [0.25, 0.3) is 11.8 Å². The highest BCUT2D eigenvalue weighted by Crippen LogP contribution is 2.29. The maximum absolute atomic E-state index is 12.9. The Morgan fingerprint density at radius 3 is 2.46 bits per heavy atom. The van der Waals surface area contributed by atoms with E-state index in [1.165, 1.54) is 19.2 Å². The van der Waals surface area contributed by atoms with Gasteiger partial charge in [0, 0.05) is 36.5 Å². The summed E-state index contributed by atoms with van der Waals surface area (Å²) in [5.74, 6) is -0.150. The van der Waals surface area contributed by atoms with E-state index in [1.54, 1.807) is 29.4 Å². The molecule has 1 saturated heterocycles. The molecule has 7 nitrogen and oxygen atoms in total. The Morgan fingerprint density at radius 1 is 1.11 bits per heavy atom. The van der Waals surface area contributed by atoms with Gasteiger partial charge in [-0.05, 0) is 62.2 Å². The number of methoxy groups -OCH3 is 1. The molecule has 0 bridgehead atoms. The molecule has 1 atom stereocenters. The molecule has 4 rings (SSSR count). The SMILES string of the molecule is COc1cc(C(=O)N[C@H]2CCCN(C(=O)c3ccc(C(F)(F)F)cc3)C2)ccc1-n1cnc(C)c1. The first-order valence-corrected chi connectivity index (χ1v) is 11.1. The van der Waals surface area contributed by atoms with Crippen LogP contribution in [0.25, 0.3) is 5.69 Å². The van der Waals surface area contributed by atoms with Crippen molar-refractivity contribution in [1.82, 2.24) is 19.8 Å². The number of carbonyl (C=O) groups is 2. The molecular formula is C25H25F3N4O3. The van der Waals surface area contributed by atoms with Gasteiger partial charge in [-0.15, -0.1) is 0 Å². The molecule has 1 aliphatic heterocycles. The molecule has 0 spiro atoms. The molecule has 0 aliphatic carbocycles. The fraction of sp³-hybridized carbons (Fsp3) is 0.320. The van der Waals surface area contributed by atoms with Crippen molar-refractivity contribution in [3.8, 4) is 11.4 Å². The molecule has 2 amide bonds. The van der Waals surface area contributed by atoms with Crippen LogP contribution in [0.2, 0.25) is 0 Å². The average Bonchev–Trinajstić information content (AvgIpc) is 3.28. The lowest BCUT2D eigenvalue weighted by molar-refractivity contribution is -0.137. The van der Waals surface area contributed by atoms with Gasteiger partial charge >= 0.3 is 6.18 Å². The van der Waals surface area contributed by atoms with Gasteiger partial charge in [-0.25, -0.2) is 4.98 Å². The Bertz CT molecular complexity index is 1220.